The number of furan rings is 1. The fraction of sp³-hybridized carbons (Fsp3) is 0.214. The molecule has 18 heavy (non-hydrogen) atoms. The predicted molar refractivity (Wildman–Crippen MR) is 72.1 cm³/mol. The lowest BCUT2D eigenvalue weighted by Crippen LogP contribution is -2.12. The van der Waals surface area contributed by atoms with E-state index in [1.54, 1.807) is 6.07 Å². The minimum absolute atomic E-state index is 0.112. The van der Waals surface area contributed by atoms with E-state index >= 15 is 0 Å². The van der Waals surface area contributed by atoms with Gasteiger partial charge in [-0.1, -0.05) is 31.5 Å². The van der Waals surface area contributed by atoms with Crippen molar-refractivity contribution in [3.05, 3.63) is 52.9 Å². The van der Waals surface area contributed by atoms with Crippen molar-refractivity contribution < 1.29 is 9.21 Å². The number of para-hydroxylation sites is 1. The molecular formula is C14H14ClNO2. The first-order chi connectivity index (χ1) is 8.72. The van der Waals surface area contributed by atoms with Crippen molar-refractivity contribution >= 4 is 23.2 Å². The van der Waals surface area contributed by atoms with Crippen molar-refractivity contribution in [1.82, 2.24) is 0 Å². The number of carbonyl (C=O) groups excluding carboxylic acids is 1. The van der Waals surface area contributed by atoms with Gasteiger partial charge in [0.1, 0.15) is 0 Å². The van der Waals surface area contributed by atoms with E-state index in [0.717, 1.165) is 24.1 Å². The van der Waals surface area contributed by atoms with Gasteiger partial charge < -0.3 is 9.73 Å². The van der Waals surface area contributed by atoms with Crippen LogP contribution in [0.2, 0.25) is 5.22 Å². The summed E-state index contributed by atoms with van der Waals surface area (Å²) in [6.45, 7) is 2.10. The van der Waals surface area contributed by atoms with Gasteiger partial charge in [-0.2, -0.15) is 0 Å². The van der Waals surface area contributed by atoms with E-state index in [1.165, 1.54) is 6.26 Å². The van der Waals surface area contributed by atoms with Gasteiger partial charge in [-0.05, 0) is 35.7 Å². The molecule has 0 spiro atoms. The largest absolute Gasteiger partial charge is 0.452 e. The van der Waals surface area contributed by atoms with E-state index in [0.29, 0.717) is 5.56 Å². The highest BCUT2D eigenvalue weighted by Crippen LogP contribution is 2.21. The summed E-state index contributed by atoms with van der Waals surface area (Å²) in [6.07, 6.45) is 3.35. The molecule has 0 fully saturated rings. The summed E-state index contributed by atoms with van der Waals surface area (Å²) in [5.74, 6) is -0.252. The summed E-state index contributed by atoms with van der Waals surface area (Å²) >= 11 is 5.77. The highest BCUT2D eigenvalue weighted by atomic mass is 35.5. The molecule has 1 N–H and O–H groups in total. The van der Waals surface area contributed by atoms with Crippen LogP contribution in [0.5, 0.6) is 0 Å². The average Bonchev–Trinajstić information content (AvgIpc) is 2.78. The molecule has 2 aromatic rings. The van der Waals surface area contributed by atoms with E-state index in [-0.39, 0.29) is 11.1 Å². The normalized spacial score (nSPS) is 10.3. The minimum atomic E-state index is -0.252. The molecule has 1 amide bonds. The molecule has 1 heterocycles. The number of amides is 1. The third-order valence-electron chi connectivity index (χ3n) is 2.65. The van der Waals surface area contributed by atoms with E-state index in [2.05, 4.69) is 12.2 Å². The van der Waals surface area contributed by atoms with Crippen molar-refractivity contribution in [2.75, 3.05) is 5.32 Å². The van der Waals surface area contributed by atoms with Gasteiger partial charge in [0.15, 0.2) is 0 Å². The number of halogens is 1. The molecule has 0 unspecified atom stereocenters. The lowest BCUT2D eigenvalue weighted by atomic mass is 10.1. The molecular weight excluding hydrogens is 250 g/mol. The van der Waals surface area contributed by atoms with Crippen LogP contribution in [0.1, 0.15) is 29.3 Å². The highest BCUT2D eigenvalue weighted by molar-refractivity contribution is 6.32. The second-order valence-electron chi connectivity index (χ2n) is 3.97. The van der Waals surface area contributed by atoms with Crippen LogP contribution < -0.4 is 5.32 Å². The Morgan fingerprint density at radius 1 is 1.33 bits per heavy atom. The van der Waals surface area contributed by atoms with Gasteiger partial charge in [0.05, 0.1) is 11.8 Å². The van der Waals surface area contributed by atoms with Crippen LogP contribution in [0.15, 0.2) is 41.0 Å². The van der Waals surface area contributed by atoms with Gasteiger partial charge in [-0.15, -0.1) is 0 Å². The summed E-state index contributed by atoms with van der Waals surface area (Å²) < 4.78 is 4.91. The number of nitrogens with one attached hydrogen (secondary N) is 1. The number of aryl methyl sites for hydroxylation is 1. The molecule has 4 heteroatoms. The average molecular weight is 264 g/mol. The molecule has 1 aromatic carbocycles. The Morgan fingerprint density at radius 3 is 2.78 bits per heavy atom. The fourth-order valence-corrected chi connectivity index (χ4v) is 1.98. The number of carbonyl (C=O) groups is 1. The molecule has 94 valence electrons. The SMILES string of the molecule is CCCc1ccccc1NC(=O)c1ccoc1Cl. The molecule has 0 saturated heterocycles. The number of rotatable bonds is 4. The van der Waals surface area contributed by atoms with Crippen LogP contribution in [-0.2, 0) is 6.42 Å². The minimum Gasteiger partial charge on any atom is -0.452 e. The lowest BCUT2D eigenvalue weighted by molar-refractivity contribution is 0.102. The summed E-state index contributed by atoms with van der Waals surface area (Å²) in [4.78, 5) is 12.0. The van der Waals surface area contributed by atoms with Crippen molar-refractivity contribution in [3.8, 4) is 0 Å². The van der Waals surface area contributed by atoms with Gasteiger partial charge in [0.25, 0.3) is 5.91 Å². The topological polar surface area (TPSA) is 42.2 Å². The number of hydrogen-bond donors (Lipinski definition) is 1. The second kappa shape index (κ2) is 5.74. The Labute approximate surface area is 111 Å². The summed E-state index contributed by atoms with van der Waals surface area (Å²) in [7, 11) is 0. The summed E-state index contributed by atoms with van der Waals surface area (Å²) in [5.41, 5.74) is 2.29. The quantitative estimate of drug-likeness (QED) is 0.901. The smallest absolute Gasteiger partial charge is 0.260 e. The maximum atomic E-state index is 12.0. The number of hydrogen-bond acceptors (Lipinski definition) is 2. The Morgan fingerprint density at radius 2 is 2.11 bits per heavy atom. The zero-order valence-corrected chi connectivity index (χ0v) is 10.8. The van der Waals surface area contributed by atoms with Gasteiger partial charge in [-0.3, -0.25) is 4.79 Å². The number of anilines is 1. The molecule has 3 nitrogen and oxygen atoms in total. The second-order valence-corrected chi connectivity index (χ2v) is 4.31. The van der Waals surface area contributed by atoms with E-state index in [1.807, 2.05) is 24.3 Å². The van der Waals surface area contributed by atoms with Crippen LogP contribution in [0.25, 0.3) is 0 Å². The van der Waals surface area contributed by atoms with E-state index in [4.69, 9.17) is 16.0 Å². The van der Waals surface area contributed by atoms with Crippen LogP contribution in [0, 0.1) is 0 Å². The van der Waals surface area contributed by atoms with Crippen LogP contribution in [0.3, 0.4) is 0 Å². The third-order valence-corrected chi connectivity index (χ3v) is 2.94. The van der Waals surface area contributed by atoms with Crippen molar-refractivity contribution in [1.29, 1.82) is 0 Å². The van der Waals surface area contributed by atoms with Gasteiger partial charge in [-0.25, -0.2) is 0 Å². The molecule has 2 rings (SSSR count). The van der Waals surface area contributed by atoms with Gasteiger partial charge in [0.2, 0.25) is 5.22 Å². The van der Waals surface area contributed by atoms with Crippen molar-refractivity contribution in [2.24, 2.45) is 0 Å². The third kappa shape index (κ3) is 2.74. The molecule has 0 aliphatic rings. The lowest BCUT2D eigenvalue weighted by Gasteiger charge is -2.09. The Bertz CT molecular complexity index is 548. The van der Waals surface area contributed by atoms with Crippen LogP contribution >= 0.6 is 11.6 Å². The highest BCUT2D eigenvalue weighted by Gasteiger charge is 2.14. The van der Waals surface area contributed by atoms with Gasteiger partial charge >= 0.3 is 0 Å². The van der Waals surface area contributed by atoms with Crippen molar-refractivity contribution in [2.45, 2.75) is 19.8 Å². The maximum absolute atomic E-state index is 12.0. The first kappa shape index (κ1) is 12.7. The Kier molecular flexibility index (Phi) is 4.05. The Balaban J connectivity index is 2.19. The van der Waals surface area contributed by atoms with Crippen LogP contribution in [-0.4, -0.2) is 5.91 Å². The number of benzene rings is 1. The first-order valence-corrected chi connectivity index (χ1v) is 6.22. The van der Waals surface area contributed by atoms with Crippen LogP contribution in [0.4, 0.5) is 5.69 Å². The molecule has 0 saturated carbocycles. The van der Waals surface area contributed by atoms with E-state index in [9.17, 15) is 4.79 Å². The molecule has 0 bridgehead atoms. The standard InChI is InChI=1S/C14H14ClNO2/c1-2-5-10-6-3-4-7-12(10)16-14(17)11-8-9-18-13(11)15/h3-4,6-9H,2,5H2,1H3,(H,16,17). The fourth-order valence-electron chi connectivity index (χ4n) is 1.77. The zero-order chi connectivity index (χ0) is 13.0. The molecule has 0 aliphatic heterocycles. The molecule has 1 aromatic heterocycles. The molecule has 0 radical (unpaired) electrons. The monoisotopic (exact) mass is 263 g/mol. The maximum Gasteiger partial charge on any atom is 0.260 e. The van der Waals surface area contributed by atoms with Gasteiger partial charge in [0, 0.05) is 5.69 Å². The summed E-state index contributed by atoms with van der Waals surface area (Å²) in [5, 5.41) is 2.97. The summed E-state index contributed by atoms with van der Waals surface area (Å²) in [6, 6.07) is 9.31. The van der Waals surface area contributed by atoms with E-state index < -0.39 is 0 Å². The zero-order valence-electron chi connectivity index (χ0n) is 10.1. The van der Waals surface area contributed by atoms with Crippen molar-refractivity contribution in [3.63, 3.8) is 0 Å². The molecule has 0 atom stereocenters. The molecule has 0 aliphatic carbocycles. The Hall–Kier alpha value is -1.74. The first-order valence-electron chi connectivity index (χ1n) is 5.84. The predicted octanol–water partition coefficient (Wildman–Crippen LogP) is 4.14.